The summed E-state index contributed by atoms with van der Waals surface area (Å²) < 4.78 is 1.97. The van der Waals surface area contributed by atoms with E-state index in [0.29, 0.717) is 10.8 Å². The Morgan fingerprint density at radius 3 is 2.56 bits per heavy atom. The van der Waals surface area contributed by atoms with Gasteiger partial charge >= 0.3 is 0 Å². The molecule has 25 heavy (non-hydrogen) atoms. The van der Waals surface area contributed by atoms with Crippen molar-refractivity contribution < 1.29 is 5.11 Å². The quantitative estimate of drug-likeness (QED) is 0.768. The average Bonchev–Trinajstić information content (AvgIpc) is 2.92. The van der Waals surface area contributed by atoms with Crippen molar-refractivity contribution in [1.29, 1.82) is 0 Å². The van der Waals surface area contributed by atoms with E-state index in [1.54, 1.807) is 0 Å². The van der Waals surface area contributed by atoms with Crippen molar-refractivity contribution in [1.82, 2.24) is 14.8 Å². The Labute approximate surface area is 150 Å². The highest BCUT2D eigenvalue weighted by molar-refractivity contribution is 6.30. The van der Waals surface area contributed by atoms with Gasteiger partial charge in [0.15, 0.2) is 5.82 Å². The second kappa shape index (κ2) is 6.10. The molecule has 1 aliphatic heterocycles. The van der Waals surface area contributed by atoms with Crippen molar-refractivity contribution in [3.8, 4) is 5.69 Å². The van der Waals surface area contributed by atoms with Crippen LogP contribution in [0, 0.1) is 13.8 Å². The minimum atomic E-state index is -0.473. The number of rotatable bonds is 2. The molecule has 2 aromatic carbocycles. The molecule has 0 saturated heterocycles. The molecular formula is C19H17ClN4O. The van der Waals surface area contributed by atoms with Crippen LogP contribution in [0.2, 0.25) is 5.02 Å². The summed E-state index contributed by atoms with van der Waals surface area (Å²) in [5, 5.41) is 19.0. The Bertz CT molecular complexity index is 976. The van der Waals surface area contributed by atoms with E-state index in [1.165, 1.54) is 0 Å². The standard InChI is InChI=1S/C19H17ClN4O/c1-11-3-8-17-15(9-11)18(13-4-6-14(20)7-5-13)21-16(10-25)19-23-22-12(2)24(17)19/h3-9,16,25H,10H2,1-2H3/t16-/m0/s1. The predicted octanol–water partition coefficient (Wildman–Crippen LogP) is 3.42. The highest BCUT2D eigenvalue weighted by Crippen LogP contribution is 2.31. The average molecular weight is 353 g/mol. The van der Waals surface area contributed by atoms with Crippen LogP contribution in [0.5, 0.6) is 0 Å². The number of hydrogen-bond donors (Lipinski definition) is 1. The van der Waals surface area contributed by atoms with Gasteiger partial charge in [0.2, 0.25) is 0 Å². The van der Waals surface area contributed by atoms with E-state index in [2.05, 4.69) is 28.4 Å². The van der Waals surface area contributed by atoms with E-state index in [0.717, 1.165) is 33.9 Å². The molecular weight excluding hydrogens is 336 g/mol. The van der Waals surface area contributed by atoms with Crippen LogP contribution in [0.1, 0.15) is 34.4 Å². The third-order valence-electron chi connectivity index (χ3n) is 4.37. The maximum Gasteiger partial charge on any atom is 0.164 e. The van der Waals surface area contributed by atoms with Gasteiger partial charge < -0.3 is 5.11 Å². The molecule has 1 atom stereocenters. The second-order valence-electron chi connectivity index (χ2n) is 6.14. The molecule has 1 aliphatic rings. The van der Waals surface area contributed by atoms with Gasteiger partial charge in [-0.2, -0.15) is 0 Å². The van der Waals surface area contributed by atoms with E-state index >= 15 is 0 Å². The number of aliphatic imine (C=N–C) groups is 1. The molecule has 2 heterocycles. The summed E-state index contributed by atoms with van der Waals surface area (Å²) in [6.45, 7) is 3.82. The molecule has 0 bridgehead atoms. The third-order valence-corrected chi connectivity index (χ3v) is 4.62. The zero-order valence-corrected chi connectivity index (χ0v) is 14.7. The Hall–Kier alpha value is -2.50. The predicted molar refractivity (Wildman–Crippen MR) is 97.8 cm³/mol. The fourth-order valence-electron chi connectivity index (χ4n) is 3.17. The lowest BCUT2D eigenvalue weighted by atomic mass is 9.98. The van der Waals surface area contributed by atoms with Crippen molar-refractivity contribution in [3.05, 3.63) is 75.8 Å². The Morgan fingerprint density at radius 1 is 1.08 bits per heavy atom. The molecule has 0 amide bonds. The molecule has 0 radical (unpaired) electrons. The third kappa shape index (κ3) is 2.65. The first-order valence-electron chi connectivity index (χ1n) is 8.06. The Balaban J connectivity index is 2.03. The second-order valence-corrected chi connectivity index (χ2v) is 6.58. The monoisotopic (exact) mass is 352 g/mol. The number of aliphatic hydroxyl groups is 1. The number of fused-ring (bicyclic) bond motifs is 3. The highest BCUT2D eigenvalue weighted by atomic mass is 35.5. The maximum absolute atomic E-state index is 9.91. The molecule has 5 nitrogen and oxygen atoms in total. The van der Waals surface area contributed by atoms with Crippen LogP contribution in [-0.4, -0.2) is 32.2 Å². The fourth-order valence-corrected chi connectivity index (χ4v) is 3.30. The van der Waals surface area contributed by atoms with Gasteiger partial charge in [-0.3, -0.25) is 9.56 Å². The Morgan fingerprint density at radius 2 is 1.84 bits per heavy atom. The van der Waals surface area contributed by atoms with Crippen molar-refractivity contribution >= 4 is 17.3 Å². The minimum absolute atomic E-state index is 0.137. The minimum Gasteiger partial charge on any atom is -0.394 e. The number of aryl methyl sites for hydroxylation is 2. The summed E-state index contributed by atoms with van der Waals surface area (Å²) in [5.41, 5.74) is 4.86. The SMILES string of the molecule is Cc1ccc2c(c1)C(c1ccc(Cl)cc1)=N[C@@H](CO)c1nnc(C)n1-2. The van der Waals surface area contributed by atoms with Crippen LogP contribution in [0.15, 0.2) is 47.5 Å². The van der Waals surface area contributed by atoms with Gasteiger partial charge in [-0.1, -0.05) is 35.4 Å². The maximum atomic E-state index is 9.91. The molecule has 0 fully saturated rings. The molecule has 0 unspecified atom stereocenters. The molecule has 0 saturated carbocycles. The lowest BCUT2D eigenvalue weighted by Crippen LogP contribution is -2.09. The van der Waals surface area contributed by atoms with Gasteiger partial charge in [0.05, 0.1) is 18.0 Å². The van der Waals surface area contributed by atoms with Crippen molar-refractivity contribution in [2.75, 3.05) is 6.61 Å². The zero-order chi connectivity index (χ0) is 17.6. The lowest BCUT2D eigenvalue weighted by molar-refractivity contribution is 0.263. The van der Waals surface area contributed by atoms with Gasteiger partial charge in [0.1, 0.15) is 11.9 Å². The van der Waals surface area contributed by atoms with Crippen LogP contribution < -0.4 is 0 Å². The molecule has 0 aliphatic carbocycles. The van der Waals surface area contributed by atoms with Gasteiger partial charge in [0, 0.05) is 16.1 Å². The summed E-state index contributed by atoms with van der Waals surface area (Å²) >= 11 is 6.04. The van der Waals surface area contributed by atoms with Crippen molar-refractivity contribution in [2.24, 2.45) is 4.99 Å². The van der Waals surface area contributed by atoms with E-state index in [4.69, 9.17) is 16.6 Å². The smallest absolute Gasteiger partial charge is 0.164 e. The van der Waals surface area contributed by atoms with Crippen LogP contribution in [-0.2, 0) is 0 Å². The van der Waals surface area contributed by atoms with Crippen LogP contribution >= 0.6 is 11.6 Å². The highest BCUT2D eigenvalue weighted by Gasteiger charge is 2.27. The van der Waals surface area contributed by atoms with Crippen LogP contribution in [0.3, 0.4) is 0 Å². The summed E-state index contributed by atoms with van der Waals surface area (Å²) in [7, 11) is 0. The zero-order valence-electron chi connectivity index (χ0n) is 13.9. The number of benzene rings is 2. The largest absolute Gasteiger partial charge is 0.394 e. The first-order valence-corrected chi connectivity index (χ1v) is 8.44. The van der Waals surface area contributed by atoms with Gasteiger partial charge in [-0.15, -0.1) is 10.2 Å². The molecule has 0 spiro atoms. The van der Waals surface area contributed by atoms with Crippen LogP contribution in [0.4, 0.5) is 0 Å². The first kappa shape index (κ1) is 16.0. The number of halogens is 1. The van der Waals surface area contributed by atoms with Crippen molar-refractivity contribution in [2.45, 2.75) is 19.9 Å². The normalized spacial score (nSPS) is 16.0. The summed E-state index contributed by atoms with van der Waals surface area (Å²) in [4.78, 5) is 4.83. The number of nitrogens with zero attached hydrogens (tertiary/aromatic N) is 4. The molecule has 1 aromatic heterocycles. The fraction of sp³-hybridized carbons (Fsp3) is 0.211. The molecule has 4 rings (SSSR count). The topological polar surface area (TPSA) is 63.3 Å². The van der Waals surface area contributed by atoms with Crippen LogP contribution in [0.25, 0.3) is 5.69 Å². The van der Waals surface area contributed by atoms with Gasteiger partial charge in [0.25, 0.3) is 0 Å². The van der Waals surface area contributed by atoms with E-state index in [-0.39, 0.29) is 6.61 Å². The van der Waals surface area contributed by atoms with E-state index in [9.17, 15) is 5.11 Å². The molecule has 6 heteroatoms. The van der Waals surface area contributed by atoms with Gasteiger partial charge in [-0.05, 0) is 38.1 Å². The van der Waals surface area contributed by atoms with Gasteiger partial charge in [-0.25, -0.2) is 0 Å². The van der Waals surface area contributed by atoms with E-state index in [1.807, 2.05) is 42.7 Å². The van der Waals surface area contributed by atoms with E-state index < -0.39 is 6.04 Å². The lowest BCUT2D eigenvalue weighted by Gasteiger charge is -2.13. The number of hydrogen-bond acceptors (Lipinski definition) is 4. The number of aliphatic hydroxyl groups excluding tert-OH is 1. The Kier molecular flexibility index (Phi) is 3.90. The first-order chi connectivity index (χ1) is 12.1. The summed E-state index contributed by atoms with van der Waals surface area (Å²) in [6.07, 6.45) is 0. The molecule has 3 aromatic rings. The molecule has 1 N–H and O–H groups in total. The summed E-state index contributed by atoms with van der Waals surface area (Å²) in [6, 6.07) is 13.3. The summed E-state index contributed by atoms with van der Waals surface area (Å²) in [5.74, 6) is 1.42. The molecule has 126 valence electrons. The number of aromatic nitrogens is 3. The van der Waals surface area contributed by atoms with Crippen molar-refractivity contribution in [3.63, 3.8) is 0 Å².